The van der Waals surface area contributed by atoms with Crippen LogP contribution in [0.3, 0.4) is 0 Å². The summed E-state index contributed by atoms with van der Waals surface area (Å²) in [6, 6.07) is 3.20. The molecule has 1 amide bonds. The standard InChI is InChI=1S/C13H18N2O3/c1-7-4-9(14)13(16)15-10-6-12(18-3)11(17-2)5-8(7)10/h5-7,9H,4,14H2,1-3H3,(H,15,16)/t7-,9+/m1/s1. The van der Waals surface area contributed by atoms with E-state index in [1.165, 1.54) is 0 Å². The van der Waals surface area contributed by atoms with Crippen molar-refractivity contribution in [2.24, 2.45) is 5.73 Å². The Balaban J connectivity index is 2.51. The summed E-state index contributed by atoms with van der Waals surface area (Å²) in [5.74, 6) is 1.29. The Morgan fingerprint density at radius 3 is 2.50 bits per heavy atom. The lowest BCUT2D eigenvalue weighted by Crippen LogP contribution is -2.34. The van der Waals surface area contributed by atoms with Gasteiger partial charge in [-0.05, 0) is 24.0 Å². The normalized spacial score (nSPS) is 22.8. The van der Waals surface area contributed by atoms with E-state index < -0.39 is 6.04 Å². The molecule has 3 N–H and O–H groups in total. The number of methoxy groups -OCH3 is 2. The summed E-state index contributed by atoms with van der Waals surface area (Å²) in [5, 5.41) is 2.83. The van der Waals surface area contributed by atoms with Crippen LogP contribution in [0.1, 0.15) is 24.8 Å². The fourth-order valence-corrected chi connectivity index (χ4v) is 2.25. The lowest BCUT2D eigenvalue weighted by atomic mass is 9.94. The molecule has 1 aliphatic heterocycles. The van der Waals surface area contributed by atoms with E-state index in [2.05, 4.69) is 5.32 Å². The molecular weight excluding hydrogens is 232 g/mol. The molecule has 5 nitrogen and oxygen atoms in total. The molecule has 0 saturated heterocycles. The van der Waals surface area contributed by atoms with Crippen LogP contribution in [0.15, 0.2) is 12.1 Å². The van der Waals surface area contributed by atoms with Gasteiger partial charge < -0.3 is 20.5 Å². The first-order valence-corrected chi connectivity index (χ1v) is 5.89. The average Bonchev–Trinajstić information content (AvgIpc) is 2.46. The monoisotopic (exact) mass is 250 g/mol. The Labute approximate surface area is 106 Å². The number of anilines is 1. The molecule has 5 heteroatoms. The van der Waals surface area contributed by atoms with E-state index in [0.29, 0.717) is 17.9 Å². The van der Waals surface area contributed by atoms with Gasteiger partial charge in [0, 0.05) is 11.8 Å². The number of nitrogens with two attached hydrogens (primary N) is 1. The third-order valence-electron chi connectivity index (χ3n) is 3.29. The maximum Gasteiger partial charge on any atom is 0.241 e. The molecule has 0 spiro atoms. The number of amides is 1. The van der Waals surface area contributed by atoms with E-state index in [9.17, 15) is 4.79 Å². The predicted octanol–water partition coefficient (Wildman–Crippen LogP) is 1.48. The Bertz CT molecular complexity index is 474. The minimum atomic E-state index is -0.482. The molecular formula is C13H18N2O3. The van der Waals surface area contributed by atoms with Crippen molar-refractivity contribution in [3.63, 3.8) is 0 Å². The van der Waals surface area contributed by atoms with Gasteiger partial charge in [0.05, 0.1) is 20.3 Å². The third-order valence-corrected chi connectivity index (χ3v) is 3.29. The van der Waals surface area contributed by atoms with E-state index in [-0.39, 0.29) is 11.8 Å². The number of carbonyl (C=O) groups excluding carboxylic acids is 1. The Morgan fingerprint density at radius 2 is 1.89 bits per heavy atom. The number of hydrogen-bond donors (Lipinski definition) is 2. The highest BCUT2D eigenvalue weighted by Crippen LogP contribution is 2.39. The van der Waals surface area contributed by atoms with Crippen LogP contribution in [-0.4, -0.2) is 26.2 Å². The third kappa shape index (κ3) is 2.13. The van der Waals surface area contributed by atoms with E-state index in [0.717, 1.165) is 11.3 Å². The highest BCUT2D eigenvalue weighted by Gasteiger charge is 2.26. The lowest BCUT2D eigenvalue weighted by Gasteiger charge is -2.16. The van der Waals surface area contributed by atoms with Gasteiger partial charge in [0.25, 0.3) is 0 Å². The summed E-state index contributed by atoms with van der Waals surface area (Å²) >= 11 is 0. The van der Waals surface area contributed by atoms with Crippen molar-refractivity contribution in [3.05, 3.63) is 17.7 Å². The number of nitrogens with one attached hydrogen (secondary N) is 1. The Kier molecular flexibility index (Phi) is 3.43. The molecule has 0 saturated carbocycles. The van der Waals surface area contributed by atoms with Crippen LogP contribution in [0.2, 0.25) is 0 Å². The van der Waals surface area contributed by atoms with Crippen molar-refractivity contribution in [1.82, 2.24) is 0 Å². The number of rotatable bonds is 2. The van der Waals surface area contributed by atoms with E-state index in [4.69, 9.17) is 15.2 Å². The molecule has 18 heavy (non-hydrogen) atoms. The van der Waals surface area contributed by atoms with Crippen molar-refractivity contribution in [3.8, 4) is 11.5 Å². The zero-order valence-corrected chi connectivity index (χ0v) is 10.8. The maximum absolute atomic E-state index is 11.8. The molecule has 0 radical (unpaired) electrons. The van der Waals surface area contributed by atoms with Gasteiger partial charge in [0.15, 0.2) is 11.5 Å². The van der Waals surface area contributed by atoms with Gasteiger partial charge in [-0.2, -0.15) is 0 Å². The van der Waals surface area contributed by atoms with Crippen molar-refractivity contribution in [2.45, 2.75) is 25.3 Å². The van der Waals surface area contributed by atoms with Crippen molar-refractivity contribution < 1.29 is 14.3 Å². The van der Waals surface area contributed by atoms with Crippen molar-refractivity contribution in [2.75, 3.05) is 19.5 Å². The second-order valence-corrected chi connectivity index (χ2v) is 4.53. The highest BCUT2D eigenvalue weighted by atomic mass is 16.5. The summed E-state index contributed by atoms with van der Waals surface area (Å²) < 4.78 is 10.5. The second kappa shape index (κ2) is 4.86. The van der Waals surface area contributed by atoms with Crippen LogP contribution < -0.4 is 20.5 Å². The number of ether oxygens (including phenoxy) is 2. The first-order chi connectivity index (χ1) is 8.56. The minimum Gasteiger partial charge on any atom is -0.493 e. The summed E-state index contributed by atoms with van der Waals surface area (Å²) in [6.07, 6.45) is 0.619. The van der Waals surface area contributed by atoms with Gasteiger partial charge in [-0.25, -0.2) is 0 Å². The number of benzene rings is 1. The Morgan fingerprint density at radius 1 is 1.28 bits per heavy atom. The molecule has 1 aliphatic rings. The number of hydrogen-bond acceptors (Lipinski definition) is 4. The SMILES string of the molecule is COc1cc2c(cc1OC)[C@H](C)C[C@H](N)C(=O)N2. The fourth-order valence-electron chi connectivity index (χ4n) is 2.25. The van der Waals surface area contributed by atoms with Gasteiger partial charge in [0.1, 0.15) is 0 Å². The van der Waals surface area contributed by atoms with Gasteiger partial charge >= 0.3 is 0 Å². The van der Waals surface area contributed by atoms with Gasteiger partial charge in [-0.15, -0.1) is 0 Å². The lowest BCUT2D eigenvalue weighted by molar-refractivity contribution is -0.117. The molecule has 0 bridgehead atoms. The van der Waals surface area contributed by atoms with Gasteiger partial charge in [-0.3, -0.25) is 4.79 Å². The zero-order valence-electron chi connectivity index (χ0n) is 10.8. The quantitative estimate of drug-likeness (QED) is 0.833. The fraction of sp³-hybridized carbons (Fsp3) is 0.462. The van der Waals surface area contributed by atoms with Crippen molar-refractivity contribution in [1.29, 1.82) is 0 Å². The smallest absolute Gasteiger partial charge is 0.241 e. The molecule has 0 aromatic heterocycles. The number of fused-ring (bicyclic) bond motifs is 1. The molecule has 1 aromatic rings. The molecule has 1 aromatic carbocycles. The maximum atomic E-state index is 11.8. The molecule has 0 aliphatic carbocycles. The summed E-state index contributed by atoms with van der Waals surface area (Å²) in [6.45, 7) is 2.05. The molecule has 0 unspecified atom stereocenters. The van der Waals surface area contributed by atoms with Crippen LogP contribution in [-0.2, 0) is 4.79 Å². The number of carbonyl (C=O) groups is 1. The first-order valence-electron chi connectivity index (χ1n) is 5.89. The van der Waals surface area contributed by atoms with E-state index in [1.807, 2.05) is 13.0 Å². The van der Waals surface area contributed by atoms with Crippen LogP contribution in [0.25, 0.3) is 0 Å². The van der Waals surface area contributed by atoms with Crippen LogP contribution in [0.4, 0.5) is 5.69 Å². The first kappa shape index (κ1) is 12.7. The molecule has 98 valence electrons. The van der Waals surface area contributed by atoms with Crippen LogP contribution in [0.5, 0.6) is 11.5 Å². The van der Waals surface area contributed by atoms with Crippen molar-refractivity contribution >= 4 is 11.6 Å². The predicted molar refractivity (Wildman–Crippen MR) is 69.2 cm³/mol. The molecule has 2 rings (SSSR count). The summed E-state index contributed by atoms with van der Waals surface area (Å²) in [7, 11) is 3.16. The second-order valence-electron chi connectivity index (χ2n) is 4.53. The molecule has 2 atom stereocenters. The average molecular weight is 250 g/mol. The largest absolute Gasteiger partial charge is 0.493 e. The molecule has 1 heterocycles. The highest BCUT2D eigenvalue weighted by molar-refractivity contribution is 5.96. The van der Waals surface area contributed by atoms with Crippen LogP contribution in [0, 0.1) is 0 Å². The Hall–Kier alpha value is -1.75. The topological polar surface area (TPSA) is 73.6 Å². The molecule has 0 fully saturated rings. The van der Waals surface area contributed by atoms with Crippen LogP contribution >= 0.6 is 0 Å². The van der Waals surface area contributed by atoms with E-state index >= 15 is 0 Å². The van der Waals surface area contributed by atoms with E-state index in [1.54, 1.807) is 20.3 Å². The zero-order chi connectivity index (χ0) is 13.3. The van der Waals surface area contributed by atoms with Gasteiger partial charge in [0.2, 0.25) is 5.91 Å². The minimum absolute atomic E-state index is 0.159. The van der Waals surface area contributed by atoms with Gasteiger partial charge in [-0.1, -0.05) is 6.92 Å². The summed E-state index contributed by atoms with van der Waals surface area (Å²) in [4.78, 5) is 11.8. The summed E-state index contributed by atoms with van der Waals surface area (Å²) in [5.41, 5.74) is 7.59.